The lowest BCUT2D eigenvalue weighted by Crippen LogP contribution is -2.41. The molecule has 0 spiro atoms. The van der Waals surface area contributed by atoms with Crippen molar-refractivity contribution in [3.8, 4) is 0 Å². The van der Waals surface area contributed by atoms with Crippen molar-refractivity contribution in [3.05, 3.63) is 0 Å². The van der Waals surface area contributed by atoms with Gasteiger partial charge in [-0.05, 0) is 44.1 Å². The zero-order chi connectivity index (χ0) is 14.8. The number of nitrogens with one attached hydrogen (secondary N) is 1. The van der Waals surface area contributed by atoms with Crippen molar-refractivity contribution in [2.24, 2.45) is 17.6 Å². The smallest absolute Gasteiger partial charge is 0.220 e. The molecule has 3 atom stereocenters. The fourth-order valence-electron chi connectivity index (χ4n) is 3.58. The maximum atomic E-state index is 12.1. The molecule has 0 bridgehead atoms. The molecule has 3 heteroatoms. The summed E-state index contributed by atoms with van der Waals surface area (Å²) in [6.07, 6.45) is 11.4. The highest BCUT2D eigenvalue weighted by atomic mass is 16.1. The second kappa shape index (κ2) is 10.2. The molecule has 3 unspecified atom stereocenters. The predicted octanol–water partition coefficient (Wildman–Crippen LogP) is 3.62. The molecule has 3 nitrogen and oxygen atoms in total. The molecule has 0 aromatic rings. The fraction of sp³-hybridized carbons (Fsp3) is 0.941. The number of amides is 1. The minimum Gasteiger partial charge on any atom is -0.353 e. The molecule has 1 fully saturated rings. The summed E-state index contributed by atoms with van der Waals surface area (Å²) in [6, 6.07) is 0.431. The molecule has 0 heterocycles. The van der Waals surface area contributed by atoms with Crippen LogP contribution < -0.4 is 11.1 Å². The summed E-state index contributed by atoms with van der Waals surface area (Å²) in [7, 11) is 0. The summed E-state index contributed by atoms with van der Waals surface area (Å²) < 4.78 is 0. The highest BCUT2D eigenvalue weighted by Gasteiger charge is 2.24. The summed E-state index contributed by atoms with van der Waals surface area (Å²) in [5.41, 5.74) is 5.65. The monoisotopic (exact) mass is 282 g/mol. The molecular formula is C17H34N2O. The molecule has 1 aliphatic rings. The number of nitrogens with two attached hydrogens (primary N) is 1. The van der Waals surface area contributed by atoms with Gasteiger partial charge in [-0.2, -0.15) is 0 Å². The Hall–Kier alpha value is -0.570. The highest BCUT2D eigenvalue weighted by molar-refractivity contribution is 5.76. The standard InChI is InChI=1S/C17H34N2O/c1-3-7-14(12-13-18)10-11-17(20)19-16-9-6-5-8-15(16)4-2/h14-16H,3-13,18H2,1-2H3,(H,19,20). The quantitative estimate of drug-likeness (QED) is 0.678. The van der Waals surface area contributed by atoms with Gasteiger partial charge in [-0.25, -0.2) is 0 Å². The Morgan fingerprint density at radius 1 is 1.20 bits per heavy atom. The lowest BCUT2D eigenvalue weighted by molar-refractivity contribution is -0.122. The van der Waals surface area contributed by atoms with Crippen LogP contribution in [-0.4, -0.2) is 18.5 Å². The third-order valence-corrected chi connectivity index (χ3v) is 4.83. The van der Waals surface area contributed by atoms with Crippen LogP contribution in [0.5, 0.6) is 0 Å². The van der Waals surface area contributed by atoms with Gasteiger partial charge in [-0.3, -0.25) is 4.79 Å². The van der Waals surface area contributed by atoms with Crippen molar-refractivity contribution in [1.29, 1.82) is 0 Å². The van der Waals surface area contributed by atoms with E-state index >= 15 is 0 Å². The van der Waals surface area contributed by atoms with Crippen molar-refractivity contribution < 1.29 is 4.79 Å². The van der Waals surface area contributed by atoms with Gasteiger partial charge in [-0.1, -0.05) is 46.0 Å². The predicted molar refractivity (Wildman–Crippen MR) is 85.5 cm³/mol. The van der Waals surface area contributed by atoms with Gasteiger partial charge in [0.2, 0.25) is 5.91 Å². The Kier molecular flexibility index (Phi) is 8.92. The SMILES string of the molecule is CCCC(CCN)CCC(=O)NC1CCCCC1CC. The van der Waals surface area contributed by atoms with Crippen molar-refractivity contribution >= 4 is 5.91 Å². The normalized spacial score (nSPS) is 24.4. The lowest BCUT2D eigenvalue weighted by atomic mass is 9.83. The number of carbonyl (C=O) groups is 1. The number of carbonyl (C=O) groups excluding carboxylic acids is 1. The Balaban J connectivity index is 2.30. The van der Waals surface area contributed by atoms with Crippen LogP contribution in [-0.2, 0) is 4.79 Å². The molecule has 118 valence electrons. The molecular weight excluding hydrogens is 248 g/mol. The van der Waals surface area contributed by atoms with E-state index in [1.54, 1.807) is 0 Å². The molecule has 0 aromatic carbocycles. The second-order valence-electron chi connectivity index (χ2n) is 6.40. The molecule has 3 N–H and O–H groups in total. The second-order valence-corrected chi connectivity index (χ2v) is 6.40. The lowest BCUT2D eigenvalue weighted by Gasteiger charge is -2.31. The molecule has 0 aliphatic heterocycles. The Labute approximate surface area is 125 Å². The molecule has 1 amide bonds. The van der Waals surface area contributed by atoms with Crippen LogP contribution in [0, 0.1) is 11.8 Å². The topological polar surface area (TPSA) is 55.1 Å². The van der Waals surface area contributed by atoms with Crippen LogP contribution in [0.25, 0.3) is 0 Å². The van der Waals surface area contributed by atoms with Crippen molar-refractivity contribution in [3.63, 3.8) is 0 Å². The van der Waals surface area contributed by atoms with E-state index in [4.69, 9.17) is 5.73 Å². The van der Waals surface area contributed by atoms with Crippen molar-refractivity contribution in [2.45, 2.75) is 84.1 Å². The summed E-state index contributed by atoms with van der Waals surface area (Å²) in [6.45, 7) is 5.19. The van der Waals surface area contributed by atoms with Gasteiger partial charge in [0, 0.05) is 12.5 Å². The van der Waals surface area contributed by atoms with Crippen LogP contribution in [0.15, 0.2) is 0 Å². The van der Waals surface area contributed by atoms with Crippen LogP contribution in [0.4, 0.5) is 0 Å². The molecule has 1 aliphatic carbocycles. The number of rotatable bonds is 9. The van der Waals surface area contributed by atoms with Gasteiger partial charge in [0.15, 0.2) is 0 Å². The van der Waals surface area contributed by atoms with Gasteiger partial charge in [0.1, 0.15) is 0 Å². The zero-order valence-electron chi connectivity index (χ0n) is 13.5. The third kappa shape index (κ3) is 6.25. The minimum absolute atomic E-state index is 0.258. The van der Waals surface area contributed by atoms with Crippen LogP contribution in [0.1, 0.15) is 78.1 Å². The average molecular weight is 282 g/mol. The summed E-state index contributed by atoms with van der Waals surface area (Å²) in [4.78, 5) is 12.1. The first-order valence-corrected chi connectivity index (χ1v) is 8.70. The van der Waals surface area contributed by atoms with E-state index in [0.29, 0.717) is 24.3 Å². The highest BCUT2D eigenvalue weighted by Crippen LogP contribution is 2.27. The van der Waals surface area contributed by atoms with E-state index in [0.717, 1.165) is 19.4 Å². The Morgan fingerprint density at radius 2 is 1.95 bits per heavy atom. The number of hydrogen-bond donors (Lipinski definition) is 2. The zero-order valence-corrected chi connectivity index (χ0v) is 13.5. The molecule has 0 saturated heterocycles. The maximum Gasteiger partial charge on any atom is 0.220 e. The Bertz CT molecular complexity index is 262. The van der Waals surface area contributed by atoms with Gasteiger partial charge in [-0.15, -0.1) is 0 Å². The molecule has 0 aromatic heterocycles. The van der Waals surface area contributed by atoms with Crippen LogP contribution in [0.2, 0.25) is 0 Å². The van der Waals surface area contributed by atoms with Gasteiger partial charge < -0.3 is 11.1 Å². The van der Waals surface area contributed by atoms with Crippen molar-refractivity contribution in [1.82, 2.24) is 5.32 Å². The molecule has 1 saturated carbocycles. The first-order chi connectivity index (χ1) is 9.71. The average Bonchev–Trinajstić information content (AvgIpc) is 2.46. The third-order valence-electron chi connectivity index (χ3n) is 4.83. The van der Waals surface area contributed by atoms with Crippen LogP contribution in [0.3, 0.4) is 0 Å². The Morgan fingerprint density at radius 3 is 2.60 bits per heavy atom. The first kappa shape index (κ1) is 17.5. The molecule has 20 heavy (non-hydrogen) atoms. The van der Waals surface area contributed by atoms with Gasteiger partial charge >= 0.3 is 0 Å². The summed E-state index contributed by atoms with van der Waals surface area (Å²) in [5, 5.41) is 3.29. The van der Waals surface area contributed by atoms with E-state index in [1.165, 1.54) is 44.9 Å². The fourth-order valence-corrected chi connectivity index (χ4v) is 3.58. The minimum atomic E-state index is 0.258. The largest absolute Gasteiger partial charge is 0.353 e. The number of hydrogen-bond acceptors (Lipinski definition) is 2. The maximum absolute atomic E-state index is 12.1. The summed E-state index contributed by atoms with van der Waals surface area (Å²) in [5.74, 6) is 1.58. The van der Waals surface area contributed by atoms with Gasteiger partial charge in [0.25, 0.3) is 0 Å². The van der Waals surface area contributed by atoms with E-state index in [-0.39, 0.29) is 5.91 Å². The van der Waals surface area contributed by atoms with Gasteiger partial charge in [0.05, 0.1) is 0 Å². The first-order valence-electron chi connectivity index (χ1n) is 8.70. The molecule has 0 radical (unpaired) electrons. The summed E-state index contributed by atoms with van der Waals surface area (Å²) >= 11 is 0. The van der Waals surface area contributed by atoms with Crippen molar-refractivity contribution in [2.75, 3.05) is 6.54 Å². The van der Waals surface area contributed by atoms with E-state index in [1.807, 2.05) is 0 Å². The van der Waals surface area contributed by atoms with E-state index in [9.17, 15) is 4.79 Å². The van der Waals surface area contributed by atoms with E-state index in [2.05, 4.69) is 19.2 Å². The van der Waals surface area contributed by atoms with Crippen LogP contribution >= 0.6 is 0 Å². The molecule has 1 rings (SSSR count). The van der Waals surface area contributed by atoms with E-state index < -0.39 is 0 Å².